The maximum absolute atomic E-state index is 6.31. The van der Waals surface area contributed by atoms with Gasteiger partial charge in [0, 0.05) is 8.95 Å². The maximum atomic E-state index is 6.31. The Morgan fingerprint density at radius 3 is 0.797 bits per heavy atom. The van der Waals surface area contributed by atoms with Crippen LogP contribution in [0.25, 0.3) is 21.5 Å². The van der Waals surface area contributed by atoms with Crippen LogP contribution in [0.5, 0.6) is 0 Å². The number of halogens is 2. The van der Waals surface area contributed by atoms with Crippen LogP contribution < -0.4 is 17.1 Å². The van der Waals surface area contributed by atoms with Crippen molar-refractivity contribution in [3.63, 3.8) is 0 Å². The normalized spacial score (nSPS) is 23.7. The first kappa shape index (κ1) is 48.3. The van der Waals surface area contributed by atoms with Crippen LogP contribution in [0, 0.1) is 0 Å². The average Bonchev–Trinajstić information content (AvgIpc) is 3.66. The van der Waals surface area contributed by atoms with Gasteiger partial charge in [0.15, 0.2) is 0 Å². The lowest BCUT2D eigenvalue weighted by Crippen LogP contribution is -2.41. The van der Waals surface area contributed by atoms with E-state index in [1.54, 1.807) is 0 Å². The molecule has 0 atom stereocenters. The van der Waals surface area contributed by atoms with Crippen molar-refractivity contribution in [3.05, 3.63) is 81.7 Å². The summed E-state index contributed by atoms with van der Waals surface area (Å²) < 4.78 is 51.3. The summed E-state index contributed by atoms with van der Waals surface area (Å²) >= 11 is 7.02. The van der Waals surface area contributed by atoms with Gasteiger partial charge >= 0.3 is 28.3 Å². The maximum Gasteiger partial charge on any atom is 0.495 e. The summed E-state index contributed by atoms with van der Waals surface area (Å²) in [6.07, 6.45) is 0. The molecule has 0 unspecified atom stereocenters. The molecule has 4 aliphatic rings. The van der Waals surface area contributed by atoms with E-state index in [1.165, 1.54) is 10.8 Å². The molecular weight excluding hydrogens is 874 g/mol. The van der Waals surface area contributed by atoms with E-state index in [0.29, 0.717) is 0 Å². The van der Waals surface area contributed by atoms with Gasteiger partial charge in [0.05, 0.1) is 44.8 Å². The van der Waals surface area contributed by atoms with Gasteiger partial charge in [-0.3, -0.25) is 0 Å². The molecule has 0 amide bonds. The Balaban J connectivity index is 0.000000183. The van der Waals surface area contributed by atoms with E-state index >= 15 is 0 Å². The third kappa shape index (κ3) is 9.19. The Morgan fingerprint density at radius 2 is 0.542 bits per heavy atom. The van der Waals surface area contributed by atoms with E-state index in [0.717, 1.165) is 30.6 Å². The summed E-state index contributed by atoms with van der Waals surface area (Å²) in [6.45, 7) is 32.8. The highest BCUT2D eigenvalue weighted by molar-refractivity contribution is 9.11. The van der Waals surface area contributed by atoms with Crippen molar-refractivity contribution in [1.82, 2.24) is 6.15 Å². The van der Waals surface area contributed by atoms with E-state index in [-0.39, 0.29) is 51.0 Å². The molecule has 15 heteroatoms. The van der Waals surface area contributed by atoms with Gasteiger partial charge < -0.3 is 43.4 Å². The first-order valence-electron chi connectivity index (χ1n) is 20.3. The first-order chi connectivity index (χ1) is 26.5. The summed E-state index contributed by atoms with van der Waals surface area (Å²) in [6, 6.07) is 24.9. The number of hydrogen-bond donors (Lipinski definition) is 1. The molecule has 4 aromatic rings. The Morgan fingerprint density at radius 1 is 0.322 bits per heavy atom. The van der Waals surface area contributed by atoms with E-state index < -0.39 is 28.3 Å². The molecule has 0 aromatic heterocycles. The summed E-state index contributed by atoms with van der Waals surface area (Å²) in [5.74, 6) is 0. The van der Waals surface area contributed by atoms with E-state index in [2.05, 4.69) is 124 Å². The van der Waals surface area contributed by atoms with Crippen LogP contribution in [0.2, 0.25) is 0 Å². The van der Waals surface area contributed by atoms with Gasteiger partial charge in [-0.25, -0.2) is 0 Å². The molecule has 0 spiro atoms. The largest absolute Gasteiger partial charge is 0.495 e. The van der Waals surface area contributed by atoms with Gasteiger partial charge in [-0.05, 0) is 155 Å². The molecule has 0 radical (unpaired) electrons. The van der Waals surface area contributed by atoms with Crippen LogP contribution in [-0.2, 0) is 37.2 Å². The smallest absolute Gasteiger partial charge is 0.405 e. The van der Waals surface area contributed by atoms with Crippen molar-refractivity contribution in [2.24, 2.45) is 0 Å². The highest BCUT2D eigenvalue weighted by atomic mass is 79.9. The van der Waals surface area contributed by atoms with Crippen molar-refractivity contribution in [2.45, 2.75) is 156 Å². The lowest BCUT2D eigenvalue weighted by atomic mass is 9.49. The summed E-state index contributed by atoms with van der Waals surface area (Å²) in [4.78, 5) is 0. The van der Waals surface area contributed by atoms with Crippen molar-refractivity contribution in [1.29, 1.82) is 0 Å². The zero-order valence-corrected chi connectivity index (χ0v) is 41.1. The Bertz CT molecular complexity index is 1950. The Kier molecular flexibility index (Phi) is 13.4. The van der Waals surface area contributed by atoms with Crippen LogP contribution in [0.1, 0.15) is 111 Å². The number of hydrogen-bond acceptors (Lipinski definition) is 9. The predicted molar refractivity (Wildman–Crippen MR) is 252 cm³/mol. The fraction of sp³-hybridized carbons (Fsp3) is 0.545. The molecule has 4 heterocycles. The fourth-order valence-corrected chi connectivity index (χ4v) is 7.88. The molecule has 3 N–H and O–H groups in total. The van der Waals surface area contributed by atoms with Gasteiger partial charge in [-0.15, -0.1) is 0 Å². The zero-order chi connectivity index (χ0) is 43.1. The van der Waals surface area contributed by atoms with Gasteiger partial charge in [-0.2, -0.15) is 0 Å². The lowest BCUT2D eigenvalue weighted by molar-refractivity contribution is 0.00578. The first-order valence-corrected chi connectivity index (χ1v) is 21.9. The number of fused-ring (bicyclic) bond motifs is 2. The molecule has 8 rings (SSSR count). The van der Waals surface area contributed by atoms with Crippen LogP contribution in [0.3, 0.4) is 0 Å². The summed E-state index contributed by atoms with van der Waals surface area (Å²) in [7, 11) is -1.75. The highest BCUT2D eigenvalue weighted by Crippen LogP contribution is 2.43. The molecule has 9 nitrogen and oxygen atoms in total. The van der Waals surface area contributed by atoms with E-state index in [9.17, 15) is 0 Å². The van der Waals surface area contributed by atoms with Crippen molar-refractivity contribution in [3.8, 4) is 0 Å². The molecule has 0 bridgehead atoms. The summed E-state index contributed by atoms with van der Waals surface area (Å²) in [5, 5.41) is 4.69. The van der Waals surface area contributed by atoms with Gasteiger partial charge in [0.2, 0.25) is 0 Å². The van der Waals surface area contributed by atoms with Crippen LogP contribution in [0.4, 0.5) is 0 Å². The molecule has 4 aromatic carbocycles. The minimum atomic E-state index is -0.476. The topological polar surface area (TPSA) is 109 Å². The van der Waals surface area contributed by atoms with Crippen LogP contribution in [-0.4, -0.2) is 73.1 Å². The standard InChI is InChI=1S/C22H30B2O4.C12H24B2O4.C10H6Br2.H3N/c1-19(2)20(3,4)26-23(25-19)17-13-14-18(16-12-10-9-11-15(16)17)24-27-21(5,6)22(7,8)28-24;1-9(2)10(3,4)16-13(15-9)14-17-11(5,6)12(7,8)18-14;11-9-5-6-10(12)8-4-2-1-3-7(8)9;/h9-14H,1-8H3;1-8H3;1-6H;1H3. The minimum Gasteiger partial charge on any atom is -0.405 e. The predicted octanol–water partition coefficient (Wildman–Crippen LogP) is 10.2. The fourth-order valence-electron chi connectivity index (χ4n) is 6.92. The van der Waals surface area contributed by atoms with Gasteiger partial charge in [0.1, 0.15) is 0 Å². The monoisotopic (exact) mass is 935 g/mol. The van der Waals surface area contributed by atoms with Crippen LogP contribution >= 0.6 is 31.9 Å². The molecular formula is C44H63B4Br2NO8. The molecule has 4 fully saturated rings. The molecule has 0 saturated carbocycles. The highest BCUT2D eigenvalue weighted by Gasteiger charge is 2.64. The van der Waals surface area contributed by atoms with E-state index in [4.69, 9.17) is 37.2 Å². The van der Waals surface area contributed by atoms with Crippen molar-refractivity contribution < 1.29 is 37.2 Å². The lowest BCUT2D eigenvalue weighted by Gasteiger charge is -2.32. The SMILES string of the molecule is Brc1ccc(Br)c2ccccc12.CC1(C)OB(B2OC(C)(C)C(C)(C)O2)OC1(C)C.CC1(C)OB(c2ccc(B3OC(C)(C)C(C)(C)O3)c3ccccc23)OC1(C)C.N. The average molecular weight is 937 g/mol. The number of rotatable bonds is 3. The number of benzene rings is 4. The zero-order valence-electron chi connectivity index (χ0n) is 38.0. The molecule has 59 heavy (non-hydrogen) atoms. The second-order valence-electron chi connectivity index (χ2n) is 19.8. The third-order valence-corrected chi connectivity index (χ3v) is 15.0. The minimum absolute atomic E-state index is 0. The molecule has 4 aliphatic heterocycles. The van der Waals surface area contributed by atoms with Gasteiger partial charge in [-0.1, -0.05) is 92.5 Å². The van der Waals surface area contributed by atoms with Crippen molar-refractivity contribution >= 4 is 92.6 Å². The third-order valence-electron chi connectivity index (χ3n) is 13.6. The second kappa shape index (κ2) is 16.4. The Hall–Kier alpha value is -1.74. The van der Waals surface area contributed by atoms with Crippen molar-refractivity contribution in [2.75, 3.05) is 0 Å². The van der Waals surface area contributed by atoms with Crippen LogP contribution in [0.15, 0.2) is 81.7 Å². The second-order valence-corrected chi connectivity index (χ2v) is 21.5. The molecule has 318 valence electrons. The Labute approximate surface area is 371 Å². The summed E-state index contributed by atoms with van der Waals surface area (Å²) in [5.41, 5.74) is -0.854. The quantitative estimate of drug-likeness (QED) is 0.201. The van der Waals surface area contributed by atoms with E-state index in [1.807, 2.05) is 91.8 Å². The molecule has 4 saturated heterocycles. The van der Waals surface area contributed by atoms with Gasteiger partial charge in [0.25, 0.3) is 0 Å². The molecule has 0 aliphatic carbocycles.